The van der Waals surface area contributed by atoms with Crippen molar-refractivity contribution < 1.29 is 9.59 Å². The topological polar surface area (TPSA) is 56.8 Å². The molecule has 0 radical (unpaired) electrons. The molecule has 1 saturated heterocycles. The second-order valence-corrected chi connectivity index (χ2v) is 6.41. The van der Waals surface area contributed by atoms with Crippen LogP contribution in [-0.4, -0.2) is 77.3 Å². The van der Waals surface area contributed by atoms with Crippen molar-refractivity contribution in [3.05, 3.63) is 28.0 Å². The van der Waals surface area contributed by atoms with Crippen LogP contribution in [0.4, 0.5) is 0 Å². The van der Waals surface area contributed by atoms with Gasteiger partial charge >= 0.3 is 0 Å². The first-order valence-corrected chi connectivity index (χ1v) is 8.82. The molecule has 6 nitrogen and oxygen atoms in total. The molecule has 0 aromatic carbocycles. The molecule has 0 bridgehead atoms. The van der Waals surface area contributed by atoms with Crippen LogP contribution in [0.15, 0.2) is 12.1 Å². The minimum Gasteiger partial charge on any atom is -0.342 e. The average molecular weight is 373 g/mol. The van der Waals surface area contributed by atoms with Gasteiger partial charge < -0.3 is 9.80 Å². The molecular formula is C16H22Cl2N4O2. The zero-order valence-electron chi connectivity index (χ0n) is 14.0. The van der Waals surface area contributed by atoms with Crippen LogP contribution < -0.4 is 0 Å². The maximum atomic E-state index is 12.5. The lowest BCUT2D eigenvalue weighted by Gasteiger charge is -2.35. The highest BCUT2D eigenvalue weighted by Crippen LogP contribution is 2.17. The van der Waals surface area contributed by atoms with Crippen LogP contribution in [0.5, 0.6) is 0 Å². The van der Waals surface area contributed by atoms with E-state index in [1.807, 2.05) is 18.7 Å². The van der Waals surface area contributed by atoms with Gasteiger partial charge in [0.1, 0.15) is 10.3 Å². The summed E-state index contributed by atoms with van der Waals surface area (Å²) in [6.07, 6.45) is 0. The molecule has 2 rings (SSSR count). The molecule has 0 atom stereocenters. The molecule has 0 aliphatic carbocycles. The molecular weight excluding hydrogens is 351 g/mol. The third kappa shape index (κ3) is 4.82. The van der Waals surface area contributed by atoms with Crippen LogP contribution in [0.2, 0.25) is 10.3 Å². The summed E-state index contributed by atoms with van der Waals surface area (Å²) in [6, 6.07) is 3.04. The van der Waals surface area contributed by atoms with Crippen molar-refractivity contribution in [3.8, 4) is 0 Å². The molecule has 2 heterocycles. The largest absolute Gasteiger partial charge is 0.342 e. The van der Waals surface area contributed by atoms with Crippen molar-refractivity contribution in [3.63, 3.8) is 0 Å². The number of rotatable bonds is 5. The Labute approximate surface area is 152 Å². The van der Waals surface area contributed by atoms with Crippen molar-refractivity contribution in [1.82, 2.24) is 19.7 Å². The molecule has 1 aromatic heterocycles. The number of piperazine rings is 1. The average Bonchev–Trinajstić information content (AvgIpc) is 2.55. The lowest BCUT2D eigenvalue weighted by atomic mass is 10.2. The number of likely N-dealkylation sites (N-methyl/N-ethyl adjacent to an activating group) is 1. The molecule has 1 aliphatic heterocycles. The van der Waals surface area contributed by atoms with Gasteiger partial charge in [0, 0.05) is 44.8 Å². The highest BCUT2D eigenvalue weighted by molar-refractivity contribution is 6.33. The third-order valence-electron chi connectivity index (χ3n) is 4.14. The van der Waals surface area contributed by atoms with E-state index in [0.29, 0.717) is 38.3 Å². The standard InChI is InChI=1S/C16H22Cl2N4O2/c1-3-21(4-2)15(23)11-20-5-7-22(8-6-20)16(24)12-9-13(17)19-14(18)10-12/h9-10H,3-8,11H2,1-2H3. The van der Waals surface area contributed by atoms with Gasteiger partial charge in [-0.05, 0) is 26.0 Å². The van der Waals surface area contributed by atoms with Crippen LogP contribution in [0, 0.1) is 0 Å². The number of halogens is 2. The number of hydrogen-bond acceptors (Lipinski definition) is 4. The predicted octanol–water partition coefficient (Wildman–Crippen LogP) is 2.01. The summed E-state index contributed by atoms with van der Waals surface area (Å²) in [5.74, 6) is 0.0170. The summed E-state index contributed by atoms with van der Waals surface area (Å²) < 4.78 is 0. The van der Waals surface area contributed by atoms with Gasteiger partial charge in [0.25, 0.3) is 5.91 Å². The van der Waals surface area contributed by atoms with Gasteiger partial charge in [0.15, 0.2) is 0 Å². The number of carbonyl (C=O) groups excluding carboxylic acids is 2. The lowest BCUT2D eigenvalue weighted by molar-refractivity contribution is -0.132. The maximum absolute atomic E-state index is 12.5. The summed E-state index contributed by atoms with van der Waals surface area (Å²) in [7, 11) is 0. The maximum Gasteiger partial charge on any atom is 0.254 e. The van der Waals surface area contributed by atoms with Crippen LogP contribution >= 0.6 is 23.2 Å². The van der Waals surface area contributed by atoms with E-state index in [1.54, 1.807) is 4.90 Å². The third-order valence-corrected chi connectivity index (χ3v) is 4.53. The Morgan fingerprint density at radius 3 is 2.12 bits per heavy atom. The number of aromatic nitrogens is 1. The molecule has 0 saturated carbocycles. The monoisotopic (exact) mass is 372 g/mol. The highest BCUT2D eigenvalue weighted by Gasteiger charge is 2.24. The molecule has 0 unspecified atom stereocenters. The Hall–Kier alpha value is -1.37. The molecule has 0 spiro atoms. The Morgan fingerprint density at radius 1 is 1.08 bits per heavy atom. The predicted molar refractivity (Wildman–Crippen MR) is 94.5 cm³/mol. The summed E-state index contributed by atoms with van der Waals surface area (Å²) in [5.41, 5.74) is 0.438. The van der Waals surface area contributed by atoms with E-state index in [4.69, 9.17) is 23.2 Å². The number of hydrogen-bond donors (Lipinski definition) is 0. The van der Waals surface area contributed by atoms with E-state index >= 15 is 0 Å². The van der Waals surface area contributed by atoms with Crippen molar-refractivity contribution >= 4 is 35.0 Å². The molecule has 1 fully saturated rings. The van der Waals surface area contributed by atoms with Crippen molar-refractivity contribution in [1.29, 1.82) is 0 Å². The van der Waals surface area contributed by atoms with Crippen LogP contribution in [0.1, 0.15) is 24.2 Å². The molecule has 2 amide bonds. The second-order valence-electron chi connectivity index (χ2n) is 5.64. The smallest absolute Gasteiger partial charge is 0.254 e. The van der Waals surface area contributed by atoms with E-state index in [1.165, 1.54) is 12.1 Å². The van der Waals surface area contributed by atoms with E-state index in [9.17, 15) is 9.59 Å². The van der Waals surface area contributed by atoms with E-state index in [-0.39, 0.29) is 22.1 Å². The highest BCUT2D eigenvalue weighted by atomic mass is 35.5. The summed E-state index contributed by atoms with van der Waals surface area (Å²) in [4.78, 5) is 34.2. The first-order valence-electron chi connectivity index (χ1n) is 8.07. The van der Waals surface area contributed by atoms with E-state index in [2.05, 4.69) is 9.88 Å². The van der Waals surface area contributed by atoms with Crippen molar-refractivity contribution in [2.24, 2.45) is 0 Å². The molecule has 1 aromatic rings. The van der Waals surface area contributed by atoms with Gasteiger partial charge in [-0.2, -0.15) is 0 Å². The minimum atomic E-state index is -0.115. The number of nitrogens with zero attached hydrogens (tertiary/aromatic N) is 4. The lowest BCUT2D eigenvalue weighted by Crippen LogP contribution is -2.51. The Morgan fingerprint density at radius 2 is 1.62 bits per heavy atom. The van der Waals surface area contributed by atoms with Crippen LogP contribution in [-0.2, 0) is 4.79 Å². The summed E-state index contributed by atoms with van der Waals surface area (Å²) in [5, 5.41) is 0.406. The van der Waals surface area contributed by atoms with E-state index < -0.39 is 0 Å². The molecule has 1 aliphatic rings. The first kappa shape index (κ1) is 19.0. The fraction of sp³-hybridized carbons (Fsp3) is 0.562. The zero-order chi connectivity index (χ0) is 17.7. The number of carbonyl (C=O) groups is 2. The number of pyridine rings is 1. The Balaban J connectivity index is 1.90. The van der Waals surface area contributed by atoms with Gasteiger partial charge in [-0.15, -0.1) is 0 Å². The fourth-order valence-corrected chi connectivity index (χ4v) is 3.21. The molecule has 132 valence electrons. The van der Waals surface area contributed by atoms with Gasteiger partial charge in [-0.3, -0.25) is 14.5 Å². The Kier molecular flexibility index (Phi) is 6.83. The van der Waals surface area contributed by atoms with E-state index in [0.717, 1.165) is 13.1 Å². The van der Waals surface area contributed by atoms with Crippen molar-refractivity contribution in [2.45, 2.75) is 13.8 Å². The first-order chi connectivity index (χ1) is 11.4. The summed E-state index contributed by atoms with van der Waals surface area (Å²) in [6.45, 7) is 8.28. The molecule has 0 N–H and O–H groups in total. The fourth-order valence-electron chi connectivity index (χ4n) is 2.75. The van der Waals surface area contributed by atoms with Gasteiger partial charge in [0.05, 0.1) is 6.54 Å². The van der Waals surface area contributed by atoms with Crippen LogP contribution in [0.25, 0.3) is 0 Å². The minimum absolute atomic E-state index is 0.115. The SMILES string of the molecule is CCN(CC)C(=O)CN1CCN(C(=O)c2cc(Cl)nc(Cl)c2)CC1. The quantitative estimate of drug-likeness (QED) is 0.741. The van der Waals surface area contributed by atoms with Crippen molar-refractivity contribution in [2.75, 3.05) is 45.8 Å². The van der Waals surface area contributed by atoms with Gasteiger partial charge in [0.2, 0.25) is 5.91 Å². The number of amides is 2. The van der Waals surface area contributed by atoms with Gasteiger partial charge in [-0.1, -0.05) is 23.2 Å². The summed E-state index contributed by atoms with van der Waals surface area (Å²) >= 11 is 11.7. The van der Waals surface area contributed by atoms with Gasteiger partial charge in [-0.25, -0.2) is 4.98 Å². The normalized spacial score (nSPS) is 15.4. The molecule has 24 heavy (non-hydrogen) atoms. The molecule has 8 heteroatoms. The zero-order valence-corrected chi connectivity index (χ0v) is 15.5. The Bertz CT molecular complexity index is 579. The van der Waals surface area contributed by atoms with Crippen LogP contribution in [0.3, 0.4) is 0 Å². The second kappa shape index (κ2) is 8.65.